The second kappa shape index (κ2) is 9.80. The second-order valence-corrected chi connectivity index (χ2v) is 8.74. The van der Waals surface area contributed by atoms with Gasteiger partial charge < -0.3 is 14.5 Å². The highest BCUT2D eigenvalue weighted by atomic mass is 79.9. The molecule has 4 rings (SSSR count). The van der Waals surface area contributed by atoms with E-state index in [0.717, 1.165) is 15.7 Å². The van der Waals surface area contributed by atoms with Gasteiger partial charge in [0.2, 0.25) is 0 Å². The van der Waals surface area contributed by atoms with E-state index in [9.17, 15) is 9.18 Å². The number of hydrogen-bond donors (Lipinski definition) is 1. The molecule has 0 aliphatic carbocycles. The lowest BCUT2D eigenvalue weighted by Gasteiger charge is -2.07. The number of halogens is 3. The number of amides is 1. The molecule has 1 N–H and O–H groups in total. The molecule has 0 fully saturated rings. The van der Waals surface area contributed by atoms with E-state index >= 15 is 0 Å². The molecule has 4 aromatic rings. The highest BCUT2D eigenvalue weighted by Gasteiger charge is 2.18. The average Bonchev–Trinajstić information content (AvgIpc) is 3.35. The van der Waals surface area contributed by atoms with Gasteiger partial charge in [-0.2, -0.15) is 5.10 Å². The smallest absolute Gasteiger partial charge is 0.291 e. The van der Waals surface area contributed by atoms with E-state index in [4.69, 9.17) is 20.8 Å². The summed E-state index contributed by atoms with van der Waals surface area (Å²) in [6, 6.07) is 14.8. The van der Waals surface area contributed by atoms with Crippen molar-refractivity contribution in [2.24, 2.45) is 0 Å². The highest BCUT2D eigenvalue weighted by Crippen LogP contribution is 2.28. The minimum absolute atomic E-state index is 0.127. The van der Waals surface area contributed by atoms with E-state index in [0.29, 0.717) is 34.5 Å². The lowest BCUT2D eigenvalue weighted by molar-refractivity contribution is 0.0992. The fourth-order valence-electron chi connectivity index (χ4n) is 3.29. The molecule has 0 bridgehead atoms. The zero-order valence-electron chi connectivity index (χ0n) is 17.9. The van der Waals surface area contributed by atoms with Crippen molar-refractivity contribution < 1.29 is 18.3 Å². The molecule has 0 radical (unpaired) electrons. The maximum absolute atomic E-state index is 13.2. The Labute approximate surface area is 203 Å². The number of benzene rings is 2. The molecule has 0 aliphatic heterocycles. The number of aromatic nitrogens is 2. The van der Waals surface area contributed by atoms with E-state index in [2.05, 4.69) is 26.3 Å². The molecule has 0 spiro atoms. The number of nitrogens with zero attached hydrogens (tertiary/aromatic N) is 2. The Kier molecular flexibility index (Phi) is 6.85. The molecule has 6 nitrogen and oxygen atoms in total. The quantitative estimate of drug-likeness (QED) is 0.294. The van der Waals surface area contributed by atoms with Crippen LogP contribution in [0, 0.1) is 19.7 Å². The van der Waals surface area contributed by atoms with Crippen LogP contribution < -0.4 is 10.1 Å². The summed E-state index contributed by atoms with van der Waals surface area (Å²) in [5.74, 6) is 0.473. The molecule has 2 aromatic heterocycles. The lowest BCUT2D eigenvalue weighted by Crippen LogP contribution is -2.12. The van der Waals surface area contributed by atoms with Crippen molar-refractivity contribution in [1.29, 1.82) is 0 Å². The van der Waals surface area contributed by atoms with Gasteiger partial charge in [0.15, 0.2) is 5.76 Å². The number of carbonyl (C=O) groups is 1. The topological polar surface area (TPSA) is 69.3 Å². The third-order valence-corrected chi connectivity index (χ3v) is 5.80. The van der Waals surface area contributed by atoms with E-state index in [-0.39, 0.29) is 18.2 Å². The molecule has 2 aromatic carbocycles. The molecule has 0 unspecified atom stereocenters. The molecule has 1 amide bonds. The molecule has 33 heavy (non-hydrogen) atoms. The number of furan rings is 1. The number of carbonyl (C=O) groups excluding carboxylic acids is 1. The summed E-state index contributed by atoms with van der Waals surface area (Å²) in [7, 11) is 0. The standard InChI is InChI=1S/C24H20BrClFN3O3/c1-14-23(15(2)30(29-14)12-16-3-6-18(27)7-4-16)28-24(31)22-10-8-19(33-22)13-32-21-9-5-17(25)11-20(21)26/h3-11H,12-13H2,1-2H3,(H,28,31). The third-order valence-electron chi connectivity index (χ3n) is 5.01. The lowest BCUT2D eigenvalue weighted by atomic mass is 10.2. The van der Waals surface area contributed by atoms with Crippen molar-refractivity contribution in [3.8, 4) is 5.75 Å². The van der Waals surface area contributed by atoms with Gasteiger partial charge in [0, 0.05) is 4.47 Å². The van der Waals surface area contributed by atoms with Crippen molar-refractivity contribution in [3.05, 3.63) is 98.4 Å². The summed E-state index contributed by atoms with van der Waals surface area (Å²) < 4.78 is 27.1. The summed E-state index contributed by atoms with van der Waals surface area (Å²) in [4.78, 5) is 12.8. The van der Waals surface area contributed by atoms with Crippen LogP contribution in [0.5, 0.6) is 5.75 Å². The van der Waals surface area contributed by atoms with Crippen LogP contribution >= 0.6 is 27.5 Å². The Morgan fingerprint density at radius 3 is 2.67 bits per heavy atom. The largest absolute Gasteiger partial charge is 0.484 e. The molecule has 2 heterocycles. The van der Waals surface area contributed by atoms with Crippen LogP contribution in [-0.2, 0) is 13.2 Å². The Balaban J connectivity index is 1.42. The van der Waals surface area contributed by atoms with Crippen LogP contribution in [0.2, 0.25) is 5.02 Å². The zero-order chi connectivity index (χ0) is 23.5. The molecule has 170 valence electrons. The maximum Gasteiger partial charge on any atom is 0.291 e. The molecule has 9 heteroatoms. The average molecular weight is 533 g/mol. The molecule has 0 aliphatic rings. The minimum Gasteiger partial charge on any atom is -0.484 e. The Bertz CT molecular complexity index is 1300. The van der Waals surface area contributed by atoms with Gasteiger partial charge in [-0.05, 0) is 61.9 Å². The summed E-state index contributed by atoms with van der Waals surface area (Å²) in [6.45, 7) is 4.27. The second-order valence-electron chi connectivity index (χ2n) is 7.41. The van der Waals surface area contributed by atoms with Gasteiger partial charge in [-0.1, -0.05) is 39.7 Å². The predicted octanol–water partition coefficient (Wildman–Crippen LogP) is 6.53. The Hall–Kier alpha value is -3.10. The summed E-state index contributed by atoms with van der Waals surface area (Å²) in [5.41, 5.74) is 2.97. The van der Waals surface area contributed by atoms with Gasteiger partial charge >= 0.3 is 0 Å². The normalized spacial score (nSPS) is 10.9. The SMILES string of the molecule is Cc1nn(Cc2ccc(F)cc2)c(C)c1NC(=O)c1ccc(COc2ccc(Br)cc2Cl)o1. The highest BCUT2D eigenvalue weighted by molar-refractivity contribution is 9.10. The monoisotopic (exact) mass is 531 g/mol. The van der Waals surface area contributed by atoms with Crippen molar-refractivity contribution in [2.45, 2.75) is 27.0 Å². The van der Waals surface area contributed by atoms with Crippen molar-refractivity contribution in [2.75, 3.05) is 5.32 Å². The van der Waals surface area contributed by atoms with E-state index in [1.165, 1.54) is 12.1 Å². The molecule has 0 atom stereocenters. The molecule has 0 saturated carbocycles. The van der Waals surface area contributed by atoms with E-state index in [1.54, 1.807) is 41.1 Å². The van der Waals surface area contributed by atoms with Crippen molar-refractivity contribution in [1.82, 2.24) is 9.78 Å². The van der Waals surface area contributed by atoms with Crippen LogP contribution in [0.3, 0.4) is 0 Å². The Morgan fingerprint density at radius 1 is 1.18 bits per heavy atom. The van der Waals surface area contributed by atoms with Crippen LogP contribution in [0.15, 0.2) is 63.5 Å². The van der Waals surface area contributed by atoms with Gasteiger partial charge in [-0.3, -0.25) is 9.48 Å². The van der Waals surface area contributed by atoms with Gasteiger partial charge in [-0.25, -0.2) is 4.39 Å². The van der Waals surface area contributed by atoms with Gasteiger partial charge in [0.05, 0.1) is 28.6 Å². The van der Waals surface area contributed by atoms with Crippen molar-refractivity contribution in [3.63, 3.8) is 0 Å². The van der Waals surface area contributed by atoms with Gasteiger partial charge in [-0.15, -0.1) is 0 Å². The first-order chi connectivity index (χ1) is 15.8. The number of hydrogen-bond acceptors (Lipinski definition) is 4. The molecular weight excluding hydrogens is 513 g/mol. The molecular formula is C24H20BrClFN3O3. The van der Waals surface area contributed by atoms with Crippen LogP contribution in [0.4, 0.5) is 10.1 Å². The van der Waals surface area contributed by atoms with E-state index in [1.807, 2.05) is 19.9 Å². The van der Waals surface area contributed by atoms with Gasteiger partial charge in [0.25, 0.3) is 5.91 Å². The first-order valence-corrected chi connectivity index (χ1v) is 11.2. The van der Waals surface area contributed by atoms with Crippen molar-refractivity contribution >= 4 is 39.1 Å². The Morgan fingerprint density at radius 2 is 1.94 bits per heavy atom. The summed E-state index contributed by atoms with van der Waals surface area (Å²) >= 11 is 9.50. The number of anilines is 1. The predicted molar refractivity (Wildman–Crippen MR) is 127 cm³/mol. The number of nitrogens with one attached hydrogen (secondary N) is 1. The maximum atomic E-state index is 13.2. The van der Waals surface area contributed by atoms with Crippen LogP contribution in [0.1, 0.15) is 33.3 Å². The van der Waals surface area contributed by atoms with Gasteiger partial charge in [0.1, 0.15) is 23.9 Å². The number of rotatable bonds is 7. The molecule has 0 saturated heterocycles. The first kappa shape index (κ1) is 23.1. The zero-order valence-corrected chi connectivity index (χ0v) is 20.2. The number of ether oxygens (including phenoxy) is 1. The first-order valence-electron chi connectivity index (χ1n) is 10.1. The van der Waals surface area contributed by atoms with E-state index < -0.39 is 5.91 Å². The summed E-state index contributed by atoms with van der Waals surface area (Å²) in [6.07, 6.45) is 0. The fraction of sp³-hybridized carbons (Fsp3) is 0.167. The minimum atomic E-state index is -0.393. The van der Waals surface area contributed by atoms with Crippen LogP contribution in [0.25, 0.3) is 0 Å². The number of aryl methyl sites for hydroxylation is 1. The third kappa shape index (κ3) is 5.46. The van der Waals surface area contributed by atoms with Crippen LogP contribution in [-0.4, -0.2) is 15.7 Å². The fourth-order valence-corrected chi connectivity index (χ4v) is 4.02. The summed E-state index contributed by atoms with van der Waals surface area (Å²) in [5, 5.41) is 7.84.